The number of carbonyl (C=O) groups is 1. The molecular weight excluding hydrogens is 362 g/mol. The molecule has 7 nitrogen and oxygen atoms in total. The van der Waals surface area contributed by atoms with Crippen LogP contribution in [0.3, 0.4) is 0 Å². The maximum atomic E-state index is 11.7. The number of H-pyrrole nitrogens is 1. The van der Waals surface area contributed by atoms with Gasteiger partial charge >= 0.3 is 5.97 Å². The fourth-order valence-corrected chi connectivity index (χ4v) is 3.58. The Bertz CT molecular complexity index is 975. The molecule has 0 amide bonds. The van der Waals surface area contributed by atoms with Crippen molar-refractivity contribution in [2.24, 2.45) is 0 Å². The molecule has 0 atom stereocenters. The average Bonchev–Trinajstić information content (AvgIpc) is 3.19. The quantitative estimate of drug-likeness (QED) is 0.476. The van der Waals surface area contributed by atoms with Crippen molar-refractivity contribution < 1.29 is 9.90 Å². The van der Waals surface area contributed by atoms with Gasteiger partial charge in [-0.1, -0.05) is 6.92 Å². The van der Waals surface area contributed by atoms with Gasteiger partial charge in [0.25, 0.3) is 0 Å². The van der Waals surface area contributed by atoms with E-state index < -0.39 is 5.97 Å². The van der Waals surface area contributed by atoms with Crippen LogP contribution in [-0.2, 0) is 11.2 Å². The second-order valence-electron chi connectivity index (χ2n) is 6.10. The number of carboxylic acid groups (broad SMARTS) is 1. The summed E-state index contributed by atoms with van der Waals surface area (Å²) >= 11 is 1.04. The predicted octanol–water partition coefficient (Wildman–Crippen LogP) is 3.78. The van der Waals surface area contributed by atoms with E-state index in [1.165, 1.54) is 0 Å². The van der Waals surface area contributed by atoms with Crippen LogP contribution in [0.25, 0.3) is 11.8 Å². The fraction of sp³-hybridized carbons (Fsp3) is 0.263. The number of hydrogen-bond donors (Lipinski definition) is 2. The molecule has 0 saturated heterocycles. The average molecular weight is 383 g/mol. The molecule has 0 aromatic carbocycles. The van der Waals surface area contributed by atoms with Crippen LogP contribution in [0.15, 0.2) is 40.7 Å². The van der Waals surface area contributed by atoms with E-state index in [-0.39, 0.29) is 4.91 Å². The number of rotatable bonds is 7. The Kier molecular flexibility index (Phi) is 5.75. The number of aryl methyl sites for hydroxylation is 2. The number of aromatic nitrogens is 5. The monoisotopic (exact) mass is 383 g/mol. The summed E-state index contributed by atoms with van der Waals surface area (Å²) in [7, 11) is 0. The SMILES string of the molecule is CCCc1nc(S/C(=C\c2cc(C)n(-c3cccnc3)c2C)C(=O)O)n[nH]1. The molecule has 0 unspecified atom stereocenters. The highest BCUT2D eigenvalue weighted by atomic mass is 32.2. The summed E-state index contributed by atoms with van der Waals surface area (Å²) in [6.45, 7) is 6.00. The van der Waals surface area contributed by atoms with E-state index in [0.29, 0.717) is 5.16 Å². The Morgan fingerprint density at radius 2 is 2.22 bits per heavy atom. The molecule has 0 fully saturated rings. The van der Waals surface area contributed by atoms with Crippen LogP contribution in [0.4, 0.5) is 0 Å². The van der Waals surface area contributed by atoms with Gasteiger partial charge in [-0.05, 0) is 61.9 Å². The molecule has 3 aromatic heterocycles. The van der Waals surface area contributed by atoms with Crippen molar-refractivity contribution in [2.45, 2.75) is 38.8 Å². The van der Waals surface area contributed by atoms with Crippen LogP contribution < -0.4 is 0 Å². The van der Waals surface area contributed by atoms with Crippen LogP contribution in [0.2, 0.25) is 0 Å². The van der Waals surface area contributed by atoms with E-state index in [4.69, 9.17) is 0 Å². The minimum Gasteiger partial charge on any atom is -0.477 e. The maximum Gasteiger partial charge on any atom is 0.342 e. The highest BCUT2D eigenvalue weighted by Crippen LogP contribution is 2.29. The Hall–Kier alpha value is -2.87. The summed E-state index contributed by atoms with van der Waals surface area (Å²) in [6.07, 6.45) is 6.90. The highest BCUT2D eigenvalue weighted by molar-refractivity contribution is 8.04. The van der Waals surface area contributed by atoms with Crippen molar-refractivity contribution in [2.75, 3.05) is 0 Å². The van der Waals surface area contributed by atoms with Gasteiger partial charge in [0, 0.05) is 24.0 Å². The molecule has 0 aliphatic rings. The van der Waals surface area contributed by atoms with Crippen LogP contribution in [-0.4, -0.2) is 35.8 Å². The van der Waals surface area contributed by atoms with E-state index in [9.17, 15) is 9.90 Å². The van der Waals surface area contributed by atoms with Gasteiger partial charge in [-0.25, -0.2) is 9.78 Å². The summed E-state index contributed by atoms with van der Waals surface area (Å²) in [6, 6.07) is 5.81. The third-order valence-corrected chi connectivity index (χ3v) is 4.95. The summed E-state index contributed by atoms with van der Waals surface area (Å²) in [5.41, 5.74) is 3.73. The Balaban J connectivity index is 1.93. The van der Waals surface area contributed by atoms with Gasteiger partial charge in [-0.3, -0.25) is 10.1 Å². The molecule has 140 valence electrons. The lowest BCUT2D eigenvalue weighted by Gasteiger charge is -2.08. The minimum atomic E-state index is -1.01. The molecule has 3 heterocycles. The number of aliphatic carboxylic acids is 1. The second kappa shape index (κ2) is 8.22. The third kappa shape index (κ3) is 4.28. The lowest BCUT2D eigenvalue weighted by atomic mass is 10.2. The molecule has 8 heteroatoms. The van der Waals surface area contributed by atoms with Gasteiger partial charge in [-0.15, -0.1) is 5.10 Å². The predicted molar refractivity (Wildman–Crippen MR) is 105 cm³/mol. The van der Waals surface area contributed by atoms with E-state index in [0.717, 1.165) is 53.1 Å². The van der Waals surface area contributed by atoms with Crippen molar-refractivity contribution in [3.05, 3.63) is 58.3 Å². The summed E-state index contributed by atoms with van der Waals surface area (Å²) < 4.78 is 2.05. The van der Waals surface area contributed by atoms with Gasteiger partial charge in [-0.2, -0.15) is 0 Å². The highest BCUT2D eigenvalue weighted by Gasteiger charge is 2.16. The van der Waals surface area contributed by atoms with E-state index in [1.807, 2.05) is 32.0 Å². The number of pyridine rings is 1. The van der Waals surface area contributed by atoms with Crippen molar-refractivity contribution in [1.82, 2.24) is 24.7 Å². The van der Waals surface area contributed by atoms with Crippen molar-refractivity contribution in [3.63, 3.8) is 0 Å². The zero-order chi connectivity index (χ0) is 19.4. The largest absolute Gasteiger partial charge is 0.477 e. The standard InChI is InChI=1S/C19H21N5O2S/c1-4-6-17-21-19(23-22-17)27-16(18(25)26)10-14-9-12(2)24(13(14)3)15-7-5-8-20-11-15/h5,7-11H,4,6H2,1-3H3,(H,25,26)(H,21,22,23)/b16-10-. The first-order valence-electron chi connectivity index (χ1n) is 8.63. The summed E-state index contributed by atoms with van der Waals surface area (Å²) in [5.74, 6) is -0.243. The normalized spacial score (nSPS) is 11.7. The molecule has 3 rings (SSSR count). The van der Waals surface area contributed by atoms with E-state index in [1.54, 1.807) is 18.5 Å². The molecule has 27 heavy (non-hydrogen) atoms. The van der Waals surface area contributed by atoms with Crippen molar-refractivity contribution in [1.29, 1.82) is 0 Å². The Labute approximate surface area is 161 Å². The van der Waals surface area contributed by atoms with Crippen molar-refractivity contribution >= 4 is 23.8 Å². The molecule has 0 saturated carbocycles. The lowest BCUT2D eigenvalue weighted by molar-refractivity contribution is -0.131. The Morgan fingerprint density at radius 3 is 2.89 bits per heavy atom. The first kappa shape index (κ1) is 18.9. The lowest BCUT2D eigenvalue weighted by Crippen LogP contribution is -2.00. The first-order chi connectivity index (χ1) is 13.0. The van der Waals surface area contributed by atoms with Gasteiger partial charge in [0.2, 0.25) is 5.16 Å². The zero-order valence-corrected chi connectivity index (χ0v) is 16.2. The Morgan fingerprint density at radius 1 is 1.41 bits per heavy atom. The van der Waals surface area contributed by atoms with Gasteiger partial charge in [0.05, 0.1) is 11.9 Å². The first-order valence-corrected chi connectivity index (χ1v) is 9.44. The minimum absolute atomic E-state index is 0.170. The number of hydrogen-bond acceptors (Lipinski definition) is 5. The number of nitrogens with one attached hydrogen (secondary N) is 1. The number of thioether (sulfide) groups is 1. The van der Waals surface area contributed by atoms with E-state index in [2.05, 4.69) is 31.7 Å². The molecule has 0 bridgehead atoms. The number of aromatic amines is 1. The van der Waals surface area contributed by atoms with Gasteiger partial charge in [0.1, 0.15) is 10.7 Å². The smallest absolute Gasteiger partial charge is 0.342 e. The van der Waals surface area contributed by atoms with Crippen LogP contribution in [0.1, 0.15) is 36.1 Å². The molecular formula is C19H21N5O2S. The molecule has 0 aliphatic heterocycles. The van der Waals surface area contributed by atoms with Crippen molar-refractivity contribution in [3.8, 4) is 5.69 Å². The maximum absolute atomic E-state index is 11.7. The summed E-state index contributed by atoms with van der Waals surface area (Å²) in [5, 5.41) is 17.0. The molecule has 0 aliphatic carbocycles. The van der Waals surface area contributed by atoms with Gasteiger partial charge in [0.15, 0.2) is 0 Å². The van der Waals surface area contributed by atoms with Gasteiger partial charge < -0.3 is 9.67 Å². The zero-order valence-electron chi connectivity index (χ0n) is 15.4. The fourth-order valence-electron chi connectivity index (χ4n) is 2.86. The molecule has 3 aromatic rings. The molecule has 0 spiro atoms. The molecule has 2 N–H and O–H groups in total. The summed E-state index contributed by atoms with van der Waals surface area (Å²) in [4.78, 5) is 20.4. The van der Waals surface area contributed by atoms with Crippen LogP contribution in [0, 0.1) is 13.8 Å². The third-order valence-electron chi connectivity index (χ3n) is 4.07. The van der Waals surface area contributed by atoms with Crippen LogP contribution in [0.5, 0.6) is 0 Å². The second-order valence-corrected chi connectivity index (χ2v) is 7.11. The number of carboxylic acids is 1. The topological polar surface area (TPSA) is 96.7 Å². The number of nitrogens with zero attached hydrogens (tertiary/aromatic N) is 4. The molecule has 0 radical (unpaired) electrons. The van der Waals surface area contributed by atoms with Crippen LogP contribution >= 0.6 is 11.8 Å². The van der Waals surface area contributed by atoms with E-state index >= 15 is 0 Å².